The van der Waals surface area contributed by atoms with Crippen LogP contribution in [0.2, 0.25) is 0 Å². The number of ether oxygens (including phenoxy) is 1. The first-order chi connectivity index (χ1) is 35.3. The maximum atomic E-state index is 7.10. The fourth-order valence-electron chi connectivity index (χ4n) is 10.3. The second-order valence-electron chi connectivity index (χ2n) is 23.6. The largest absolute Gasteiger partial charge is 0.509 e. The standard InChI is InChI=1S/C69H65N4O.Pt/c1-66(2,3)51-28-32-62-64(41-51)72(55-36-49(47-23-17-13-18-24-47)35-53(38-55)68(7,8)9)45-71(62)56-39-54(69(10,11)50-25-19-14-20-26-50)40-58(43-56)74-57-29-30-59-60-37-48(46-21-15-12-16-22-46)27-31-61(60)73(63(59)44-57)65-42-52(33-34-70-65)67(4,5)6;/h12-42,45H,1-11H3;/q-3;. The molecule has 0 spiro atoms. The molecule has 380 valence electrons. The molecule has 5 nitrogen and oxygen atoms in total. The molecule has 0 bridgehead atoms. The van der Waals surface area contributed by atoms with Crippen LogP contribution in [0.3, 0.4) is 0 Å². The molecule has 0 radical (unpaired) electrons. The van der Waals surface area contributed by atoms with Gasteiger partial charge in [0.1, 0.15) is 5.82 Å². The molecule has 0 aliphatic carbocycles. The van der Waals surface area contributed by atoms with Crippen LogP contribution in [0.4, 0.5) is 22.7 Å². The molecule has 11 rings (SSSR count). The van der Waals surface area contributed by atoms with Crippen LogP contribution in [0.25, 0.3) is 49.9 Å². The Labute approximate surface area is 459 Å². The molecule has 1 aliphatic rings. The Bertz CT molecular complexity index is 3710. The van der Waals surface area contributed by atoms with Crippen LogP contribution in [-0.2, 0) is 42.7 Å². The summed E-state index contributed by atoms with van der Waals surface area (Å²) in [5, 5.41) is 2.19. The zero-order valence-electron chi connectivity index (χ0n) is 45.0. The van der Waals surface area contributed by atoms with Crippen LogP contribution in [-0.4, -0.2) is 9.55 Å². The van der Waals surface area contributed by atoms with Crippen molar-refractivity contribution in [3.05, 3.63) is 235 Å². The van der Waals surface area contributed by atoms with E-state index in [1.807, 2.05) is 12.3 Å². The van der Waals surface area contributed by atoms with Crippen LogP contribution in [0.1, 0.15) is 104 Å². The monoisotopic (exact) mass is 1160 g/mol. The Balaban J connectivity index is 0.00000641. The Kier molecular flexibility index (Phi) is 13.3. The minimum absolute atomic E-state index is 0. The van der Waals surface area contributed by atoms with Crippen molar-refractivity contribution in [3.63, 3.8) is 0 Å². The molecule has 0 N–H and O–H groups in total. The van der Waals surface area contributed by atoms with Gasteiger partial charge in [0, 0.05) is 61.3 Å². The molecule has 2 aromatic heterocycles. The van der Waals surface area contributed by atoms with Crippen molar-refractivity contribution in [2.24, 2.45) is 0 Å². The normalized spacial score (nSPS) is 13.1. The number of fused-ring (bicyclic) bond motifs is 4. The summed E-state index contributed by atoms with van der Waals surface area (Å²) in [6.07, 6.45) is 1.92. The minimum atomic E-state index is -0.395. The summed E-state index contributed by atoms with van der Waals surface area (Å²) in [6.45, 7) is 27.3. The molecule has 10 aromatic rings. The van der Waals surface area contributed by atoms with Gasteiger partial charge in [-0.25, -0.2) is 4.98 Å². The van der Waals surface area contributed by atoms with Crippen molar-refractivity contribution in [1.82, 2.24) is 9.55 Å². The summed E-state index contributed by atoms with van der Waals surface area (Å²) in [5.41, 5.74) is 16.2. The number of benzene rings is 8. The van der Waals surface area contributed by atoms with Gasteiger partial charge in [-0.15, -0.1) is 53.6 Å². The summed E-state index contributed by atoms with van der Waals surface area (Å²) in [4.78, 5) is 9.65. The first kappa shape index (κ1) is 51.3. The zero-order valence-corrected chi connectivity index (χ0v) is 47.3. The average Bonchev–Trinajstić information content (AvgIpc) is 3.94. The Morgan fingerprint density at radius 1 is 0.440 bits per heavy atom. The number of hydrogen-bond donors (Lipinski definition) is 0. The molecule has 0 atom stereocenters. The number of nitrogens with zero attached hydrogens (tertiary/aromatic N) is 4. The van der Waals surface area contributed by atoms with E-state index >= 15 is 0 Å². The first-order valence-electron chi connectivity index (χ1n) is 25.9. The third-order valence-electron chi connectivity index (χ3n) is 14.9. The van der Waals surface area contributed by atoms with Crippen molar-refractivity contribution in [3.8, 4) is 39.6 Å². The number of anilines is 4. The number of rotatable bonds is 9. The van der Waals surface area contributed by atoms with Crippen molar-refractivity contribution < 1.29 is 25.8 Å². The van der Waals surface area contributed by atoms with E-state index in [1.54, 1.807) is 0 Å². The predicted molar refractivity (Wildman–Crippen MR) is 310 cm³/mol. The maximum absolute atomic E-state index is 7.10. The molecule has 0 saturated carbocycles. The predicted octanol–water partition coefficient (Wildman–Crippen LogP) is 18.5. The van der Waals surface area contributed by atoms with E-state index in [1.165, 1.54) is 38.9 Å². The molecule has 6 heteroatoms. The fraction of sp³-hybridized carbons (Fsp3) is 0.217. The topological polar surface area (TPSA) is 33.5 Å². The van der Waals surface area contributed by atoms with Crippen LogP contribution >= 0.6 is 0 Å². The van der Waals surface area contributed by atoms with Crippen LogP contribution in [0.5, 0.6) is 11.5 Å². The van der Waals surface area contributed by atoms with Crippen LogP contribution < -0.4 is 14.5 Å². The van der Waals surface area contributed by atoms with Gasteiger partial charge in [-0.05, 0) is 114 Å². The van der Waals surface area contributed by atoms with E-state index in [0.29, 0.717) is 11.5 Å². The Morgan fingerprint density at radius 3 is 1.75 bits per heavy atom. The number of pyridine rings is 1. The van der Waals surface area contributed by atoms with Crippen LogP contribution in [0.15, 0.2) is 188 Å². The fourth-order valence-corrected chi connectivity index (χ4v) is 10.3. The smallest absolute Gasteiger partial charge is 0.135 e. The average molecular weight is 1160 g/mol. The van der Waals surface area contributed by atoms with Gasteiger partial charge in [-0.1, -0.05) is 197 Å². The molecule has 3 heterocycles. The summed E-state index contributed by atoms with van der Waals surface area (Å²) in [5.74, 6) is 2.02. The van der Waals surface area contributed by atoms with Gasteiger partial charge in [0.25, 0.3) is 0 Å². The number of hydrogen-bond acceptors (Lipinski definition) is 4. The summed E-state index contributed by atoms with van der Waals surface area (Å²) in [7, 11) is 0. The van der Waals surface area contributed by atoms with Crippen molar-refractivity contribution in [2.75, 3.05) is 9.80 Å². The molecule has 0 amide bonds. The summed E-state index contributed by atoms with van der Waals surface area (Å²) < 4.78 is 9.33. The molecule has 0 fully saturated rings. The van der Waals surface area contributed by atoms with Gasteiger partial charge in [0.15, 0.2) is 0 Å². The third-order valence-corrected chi connectivity index (χ3v) is 14.9. The van der Waals surface area contributed by atoms with Gasteiger partial charge < -0.3 is 19.1 Å². The molecular weight excluding hydrogens is 1100 g/mol. The Hall–Kier alpha value is -7.20. The molecule has 1 aliphatic heterocycles. The van der Waals surface area contributed by atoms with E-state index in [-0.39, 0.29) is 37.3 Å². The second kappa shape index (κ2) is 19.5. The van der Waals surface area contributed by atoms with Gasteiger partial charge in [-0.3, -0.25) is 0 Å². The van der Waals surface area contributed by atoms with Gasteiger partial charge in [0.2, 0.25) is 0 Å². The summed E-state index contributed by atoms with van der Waals surface area (Å²) >= 11 is 0. The molecule has 0 unspecified atom stereocenters. The van der Waals surface area contributed by atoms with E-state index < -0.39 is 5.41 Å². The zero-order chi connectivity index (χ0) is 51.7. The quantitative estimate of drug-likeness (QED) is 0.135. The van der Waals surface area contributed by atoms with E-state index in [0.717, 1.165) is 61.5 Å². The van der Waals surface area contributed by atoms with Gasteiger partial charge in [-0.2, -0.15) is 6.07 Å². The number of aromatic nitrogens is 2. The van der Waals surface area contributed by atoms with E-state index in [9.17, 15) is 0 Å². The molecule has 75 heavy (non-hydrogen) atoms. The van der Waals surface area contributed by atoms with Crippen molar-refractivity contribution in [1.29, 1.82) is 0 Å². The van der Waals surface area contributed by atoms with E-state index in [2.05, 4.69) is 285 Å². The van der Waals surface area contributed by atoms with Gasteiger partial charge >= 0.3 is 0 Å². The SMILES string of the molecule is CC(C)(C)c1cc(-c2ccccc2)cc(N2[CH-]N(c3[c-]c(Oc4[c-]c5c(cc4)c4cc(-c6ccccc6)ccc4n5-c4cc(C(C)(C)C)ccn4)cc(C(C)(C)c4ccccc4)c3)c3ccc(C(C)(C)C)cc32)c1.[Pt]. The van der Waals surface area contributed by atoms with Crippen molar-refractivity contribution in [2.45, 2.75) is 97.8 Å². The first-order valence-corrected chi connectivity index (χ1v) is 25.9. The Morgan fingerprint density at radius 2 is 1.08 bits per heavy atom. The summed E-state index contributed by atoms with van der Waals surface area (Å²) in [6, 6.07) is 73.2. The molecule has 8 aromatic carbocycles. The third kappa shape index (κ3) is 9.96. The van der Waals surface area contributed by atoms with E-state index in [4.69, 9.17) is 9.72 Å². The molecule has 0 saturated heterocycles. The molecular formula is C69H65N4OPt-3. The van der Waals surface area contributed by atoms with Gasteiger partial charge in [0.05, 0.1) is 0 Å². The van der Waals surface area contributed by atoms with Crippen molar-refractivity contribution >= 4 is 44.6 Å². The minimum Gasteiger partial charge on any atom is -0.509 e. The second-order valence-corrected chi connectivity index (χ2v) is 23.6. The maximum Gasteiger partial charge on any atom is 0.135 e. The van der Waals surface area contributed by atoms with Crippen LogP contribution in [0, 0.1) is 18.8 Å².